The Morgan fingerprint density at radius 1 is 1.44 bits per heavy atom. The van der Waals surface area contributed by atoms with Gasteiger partial charge in [-0.25, -0.2) is 8.78 Å². The maximum atomic E-state index is 12.3. The normalized spacial score (nSPS) is 24.0. The Hall–Kier alpha value is -0.180. The van der Waals surface area contributed by atoms with Crippen molar-refractivity contribution in [2.45, 2.75) is 12.8 Å². The lowest BCUT2D eigenvalue weighted by Crippen LogP contribution is -2.51. The van der Waals surface area contributed by atoms with E-state index in [1.165, 1.54) is 0 Å². The minimum atomic E-state index is -2.47. The van der Waals surface area contributed by atoms with E-state index in [0.717, 1.165) is 6.92 Å². The van der Waals surface area contributed by atoms with Crippen LogP contribution in [0.4, 0.5) is 8.78 Å². The number of rotatable bonds is 1. The molecule has 1 aliphatic rings. The second kappa shape index (κ2) is 1.90. The molecule has 0 aromatic rings. The highest BCUT2D eigenvalue weighted by Crippen LogP contribution is 2.30. The molecule has 0 N–H and O–H groups in total. The van der Waals surface area contributed by atoms with Gasteiger partial charge in [-0.15, -0.1) is 0 Å². The van der Waals surface area contributed by atoms with Gasteiger partial charge in [0.15, 0.2) is 0 Å². The Labute approximate surface area is 53.6 Å². The quantitative estimate of drug-likeness (QED) is 0.522. The van der Waals surface area contributed by atoms with Gasteiger partial charge in [-0.05, 0) is 14.0 Å². The zero-order valence-corrected chi connectivity index (χ0v) is 5.69. The number of halogens is 2. The van der Waals surface area contributed by atoms with Crippen LogP contribution in [-0.4, -0.2) is 31.0 Å². The van der Waals surface area contributed by atoms with Crippen molar-refractivity contribution in [2.75, 3.05) is 20.1 Å². The van der Waals surface area contributed by atoms with Gasteiger partial charge in [0.2, 0.25) is 0 Å². The van der Waals surface area contributed by atoms with E-state index in [1.807, 2.05) is 11.9 Å². The number of hydrogen-bond acceptors (Lipinski definition) is 1. The average Bonchev–Trinajstić information content (AvgIpc) is 1.55. The van der Waals surface area contributed by atoms with Gasteiger partial charge < -0.3 is 4.90 Å². The molecule has 54 valence electrons. The van der Waals surface area contributed by atoms with E-state index in [-0.39, 0.29) is 0 Å². The molecular formula is C6H11F2N. The SMILES string of the molecule is CN1CC(C(C)(F)F)C1. The fourth-order valence-corrected chi connectivity index (χ4v) is 1.02. The van der Waals surface area contributed by atoms with E-state index in [2.05, 4.69) is 0 Å². The van der Waals surface area contributed by atoms with Gasteiger partial charge in [0.1, 0.15) is 0 Å². The molecule has 0 bridgehead atoms. The number of likely N-dealkylation sites (tertiary alicyclic amines) is 1. The van der Waals surface area contributed by atoms with E-state index in [4.69, 9.17) is 0 Å². The van der Waals surface area contributed by atoms with Gasteiger partial charge in [0, 0.05) is 19.0 Å². The van der Waals surface area contributed by atoms with Crippen LogP contribution in [0.3, 0.4) is 0 Å². The van der Waals surface area contributed by atoms with Crippen molar-refractivity contribution >= 4 is 0 Å². The lowest BCUT2D eigenvalue weighted by molar-refractivity contribution is -0.0963. The van der Waals surface area contributed by atoms with Gasteiger partial charge in [0.25, 0.3) is 5.92 Å². The predicted octanol–water partition coefficient (Wildman–Crippen LogP) is 1.20. The summed E-state index contributed by atoms with van der Waals surface area (Å²) in [6.07, 6.45) is 0. The highest BCUT2D eigenvalue weighted by Gasteiger charge is 2.40. The lowest BCUT2D eigenvalue weighted by atomic mass is 9.95. The molecule has 1 aliphatic heterocycles. The maximum Gasteiger partial charge on any atom is 0.250 e. The first-order valence-electron chi connectivity index (χ1n) is 3.06. The summed E-state index contributed by atoms with van der Waals surface area (Å²) in [4.78, 5) is 1.89. The lowest BCUT2D eigenvalue weighted by Gasteiger charge is -2.39. The zero-order valence-electron chi connectivity index (χ0n) is 5.69. The van der Waals surface area contributed by atoms with Crippen LogP contribution in [0.25, 0.3) is 0 Å². The number of alkyl halides is 2. The summed E-state index contributed by atoms with van der Waals surface area (Å²) in [6, 6.07) is 0. The van der Waals surface area contributed by atoms with Crippen molar-refractivity contribution in [1.29, 1.82) is 0 Å². The third-order valence-electron chi connectivity index (χ3n) is 1.78. The Morgan fingerprint density at radius 3 is 2.00 bits per heavy atom. The summed E-state index contributed by atoms with van der Waals surface area (Å²) >= 11 is 0. The second-order valence-electron chi connectivity index (χ2n) is 2.87. The Morgan fingerprint density at radius 2 is 1.89 bits per heavy atom. The van der Waals surface area contributed by atoms with Crippen LogP contribution in [0.15, 0.2) is 0 Å². The van der Waals surface area contributed by atoms with Gasteiger partial charge in [-0.3, -0.25) is 0 Å². The standard InChI is InChI=1S/C6H11F2N/c1-6(7,8)5-3-9(2)4-5/h5H,3-4H2,1-2H3. The zero-order chi connectivity index (χ0) is 7.07. The van der Waals surface area contributed by atoms with Crippen LogP contribution >= 0.6 is 0 Å². The Bertz CT molecular complexity index is 102. The first kappa shape index (κ1) is 6.93. The average molecular weight is 135 g/mol. The monoisotopic (exact) mass is 135 g/mol. The summed E-state index contributed by atoms with van der Waals surface area (Å²) in [6.45, 7) is 2.08. The van der Waals surface area contributed by atoms with Gasteiger partial charge in [-0.1, -0.05) is 0 Å². The van der Waals surface area contributed by atoms with Gasteiger partial charge in [0.05, 0.1) is 0 Å². The minimum Gasteiger partial charge on any atom is -0.305 e. The van der Waals surface area contributed by atoms with E-state index >= 15 is 0 Å². The predicted molar refractivity (Wildman–Crippen MR) is 31.6 cm³/mol. The van der Waals surface area contributed by atoms with Crippen LogP contribution in [-0.2, 0) is 0 Å². The van der Waals surface area contributed by atoms with Crippen molar-refractivity contribution in [3.05, 3.63) is 0 Å². The molecule has 0 aromatic heterocycles. The minimum absolute atomic E-state index is 0.400. The molecule has 1 saturated heterocycles. The van der Waals surface area contributed by atoms with E-state index in [0.29, 0.717) is 13.1 Å². The molecular weight excluding hydrogens is 124 g/mol. The number of nitrogens with zero attached hydrogens (tertiary/aromatic N) is 1. The second-order valence-corrected chi connectivity index (χ2v) is 2.87. The third-order valence-corrected chi connectivity index (χ3v) is 1.78. The van der Waals surface area contributed by atoms with Crippen LogP contribution in [0.2, 0.25) is 0 Å². The van der Waals surface area contributed by atoms with Crippen LogP contribution in [0.1, 0.15) is 6.92 Å². The van der Waals surface area contributed by atoms with Crippen molar-refractivity contribution < 1.29 is 8.78 Å². The molecule has 0 amide bonds. The molecule has 3 heteroatoms. The summed E-state index contributed by atoms with van der Waals surface area (Å²) < 4.78 is 24.6. The van der Waals surface area contributed by atoms with E-state index in [1.54, 1.807) is 0 Å². The molecule has 0 spiro atoms. The van der Waals surface area contributed by atoms with Crippen LogP contribution in [0.5, 0.6) is 0 Å². The number of hydrogen-bond donors (Lipinski definition) is 0. The molecule has 1 nitrogen and oxygen atoms in total. The highest BCUT2D eigenvalue weighted by atomic mass is 19.3. The maximum absolute atomic E-state index is 12.3. The molecule has 0 radical (unpaired) electrons. The highest BCUT2D eigenvalue weighted by molar-refractivity contribution is 4.85. The third kappa shape index (κ3) is 1.39. The molecule has 1 heterocycles. The summed E-state index contributed by atoms with van der Waals surface area (Å²) in [7, 11) is 1.85. The van der Waals surface area contributed by atoms with Gasteiger partial charge >= 0.3 is 0 Å². The molecule has 0 atom stereocenters. The topological polar surface area (TPSA) is 3.24 Å². The molecule has 0 saturated carbocycles. The van der Waals surface area contributed by atoms with Gasteiger partial charge in [-0.2, -0.15) is 0 Å². The van der Waals surface area contributed by atoms with E-state index < -0.39 is 11.8 Å². The Balaban J connectivity index is 2.32. The fourth-order valence-electron chi connectivity index (χ4n) is 1.02. The van der Waals surface area contributed by atoms with Crippen LogP contribution in [0, 0.1) is 5.92 Å². The summed E-state index contributed by atoms with van der Waals surface area (Å²) in [5, 5.41) is 0. The largest absolute Gasteiger partial charge is 0.305 e. The molecule has 0 aliphatic carbocycles. The molecule has 9 heavy (non-hydrogen) atoms. The molecule has 0 unspecified atom stereocenters. The first-order valence-corrected chi connectivity index (χ1v) is 3.06. The van der Waals surface area contributed by atoms with E-state index in [9.17, 15) is 8.78 Å². The first-order chi connectivity index (χ1) is 4.00. The molecule has 1 fully saturated rings. The summed E-state index contributed by atoms with van der Waals surface area (Å²) in [5.74, 6) is -2.87. The molecule has 1 rings (SSSR count). The van der Waals surface area contributed by atoms with Crippen molar-refractivity contribution in [3.8, 4) is 0 Å². The smallest absolute Gasteiger partial charge is 0.250 e. The Kier molecular flexibility index (Phi) is 1.47. The van der Waals surface area contributed by atoms with Crippen molar-refractivity contribution in [2.24, 2.45) is 5.92 Å². The fraction of sp³-hybridized carbons (Fsp3) is 1.00. The van der Waals surface area contributed by atoms with Crippen molar-refractivity contribution in [1.82, 2.24) is 4.90 Å². The van der Waals surface area contributed by atoms with Crippen molar-refractivity contribution in [3.63, 3.8) is 0 Å². The molecule has 0 aromatic carbocycles. The van der Waals surface area contributed by atoms with Crippen LogP contribution < -0.4 is 0 Å². The summed E-state index contributed by atoms with van der Waals surface area (Å²) in [5.41, 5.74) is 0.